The van der Waals surface area contributed by atoms with E-state index in [1.165, 1.54) is 24.0 Å². The number of hydrogen-bond donors (Lipinski definition) is 1. The maximum absolute atomic E-state index is 5.84. The Morgan fingerprint density at radius 3 is 3.00 bits per heavy atom. The van der Waals surface area contributed by atoms with Gasteiger partial charge >= 0.3 is 0 Å². The van der Waals surface area contributed by atoms with Crippen molar-refractivity contribution < 1.29 is 4.74 Å². The first-order chi connectivity index (χ1) is 7.41. The van der Waals surface area contributed by atoms with Crippen molar-refractivity contribution in [3.63, 3.8) is 0 Å². The van der Waals surface area contributed by atoms with E-state index in [9.17, 15) is 0 Å². The van der Waals surface area contributed by atoms with Crippen LogP contribution in [-0.4, -0.2) is 6.54 Å². The zero-order chi connectivity index (χ0) is 10.1. The molecule has 0 amide bonds. The Labute approximate surface area is 89.9 Å². The summed E-state index contributed by atoms with van der Waals surface area (Å²) in [5, 5.41) is 3.52. The van der Waals surface area contributed by atoms with E-state index in [2.05, 4.69) is 29.6 Å². The van der Waals surface area contributed by atoms with E-state index < -0.39 is 0 Å². The molecule has 15 heavy (non-hydrogen) atoms. The maximum atomic E-state index is 5.84. The zero-order valence-electron chi connectivity index (χ0n) is 8.70. The van der Waals surface area contributed by atoms with E-state index in [1.54, 1.807) is 0 Å². The molecule has 78 valence electrons. The van der Waals surface area contributed by atoms with Gasteiger partial charge in [0.15, 0.2) is 5.72 Å². The molecule has 0 aliphatic carbocycles. The average molecular weight is 201 g/mol. The first-order valence-electron chi connectivity index (χ1n) is 5.60. The highest BCUT2D eigenvalue weighted by Crippen LogP contribution is 2.37. The van der Waals surface area contributed by atoms with Gasteiger partial charge in [0, 0.05) is 12.0 Å². The third-order valence-corrected chi connectivity index (χ3v) is 3.28. The van der Waals surface area contributed by atoms with Crippen molar-refractivity contribution in [2.45, 2.75) is 25.0 Å². The predicted octanol–water partition coefficient (Wildman–Crippen LogP) is 2.61. The summed E-state index contributed by atoms with van der Waals surface area (Å²) in [6, 6.07) is 8.47. The summed E-state index contributed by atoms with van der Waals surface area (Å²) in [5.74, 6) is 0. The Morgan fingerprint density at radius 1 is 1.20 bits per heavy atom. The molecule has 2 aliphatic rings. The Bertz CT molecular complexity index is 391. The number of rotatable bonds is 0. The fourth-order valence-corrected chi connectivity index (χ4v) is 2.51. The molecule has 2 heteroatoms. The van der Waals surface area contributed by atoms with Gasteiger partial charge in [-0.3, -0.25) is 5.32 Å². The molecule has 0 aromatic heterocycles. The lowest BCUT2D eigenvalue weighted by Gasteiger charge is -2.40. The quantitative estimate of drug-likeness (QED) is 0.696. The molecule has 1 unspecified atom stereocenters. The lowest BCUT2D eigenvalue weighted by molar-refractivity contribution is -0.0398. The molecular weight excluding hydrogens is 186 g/mol. The van der Waals surface area contributed by atoms with Crippen molar-refractivity contribution in [2.75, 3.05) is 6.54 Å². The van der Waals surface area contributed by atoms with E-state index in [0.717, 1.165) is 13.0 Å². The second-order valence-corrected chi connectivity index (χ2v) is 4.22. The van der Waals surface area contributed by atoms with Crippen LogP contribution in [0, 0.1) is 0 Å². The molecule has 1 N–H and O–H groups in total. The largest absolute Gasteiger partial charge is 0.476 e. The van der Waals surface area contributed by atoms with E-state index >= 15 is 0 Å². The van der Waals surface area contributed by atoms with Gasteiger partial charge in [0.1, 0.15) is 0 Å². The summed E-state index contributed by atoms with van der Waals surface area (Å²) in [6.45, 7) is 1.04. The molecule has 1 aromatic rings. The van der Waals surface area contributed by atoms with Gasteiger partial charge in [-0.1, -0.05) is 24.3 Å². The smallest absolute Gasteiger partial charge is 0.186 e. The van der Waals surface area contributed by atoms with Crippen LogP contribution in [0.25, 0.3) is 6.08 Å². The third-order valence-electron chi connectivity index (χ3n) is 3.28. The lowest BCUT2D eigenvalue weighted by atomic mass is 9.88. The van der Waals surface area contributed by atoms with Crippen molar-refractivity contribution in [1.29, 1.82) is 0 Å². The zero-order valence-corrected chi connectivity index (χ0v) is 8.70. The Hall–Kier alpha value is -1.28. The van der Waals surface area contributed by atoms with Gasteiger partial charge in [0.25, 0.3) is 0 Å². The Balaban J connectivity index is 2.08. The number of piperidine rings is 1. The van der Waals surface area contributed by atoms with E-state index in [4.69, 9.17) is 4.74 Å². The molecular formula is C13H15NO. The van der Waals surface area contributed by atoms with Crippen LogP contribution in [0.3, 0.4) is 0 Å². The minimum absolute atomic E-state index is 0.246. The van der Waals surface area contributed by atoms with Gasteiger partial charge in [-0.05, 0) is 31.0 Å². The van der Waals surface area contributed by atoms with Gasteiger partial charge in [0.2, 0.25) is 0 Å². The summed E-state index contributed by atoms with van der Waals surface area (Å²) in [7, 11) is 0. The number of nitrogens with one attached hydrogen (secondary N) is 1. The SMILES string of the molecule is C1=Cc2ccccc2C2(CCCCN2)O1. The van der Waals surface area contributed by atoms with Gasteiger partial charge in [-0.2, -0.15) is 0 Å². The number of benzene rings is 1. The average Bonchev–Trinajstić information content (AvgIpc) is 2.31. The second kappa shape index (κ2) is 3.38. The van der Waals surface area contributed by atoms with Gasteiger partial charge < -0.3 is 4.74 Å². The van der Waals surface area contributed by atoms with Crippen molar-refractivity contribution >= 4 is 6.08 Å². The number of fused-ring (bicyclic) bond motifs is 2. The van der Waals surface area contributed by atoms with E-state index in [1.807, 2.05) is 12.3 Å². The molecule has 1 fully saturated rings. The Kier molecular flexibility index (Phi) is 2.03. The van der Waals surface area contributed by atoms with E-state index in [-0.39, 0.29) is 5.72 Å². The van der Waals surface area contributed by atoms with Crippen molar-refractivity contribution in [2.24, 2.45) is 0 Å². The highest BCUT2D eigenvalue weighted by molar-refractivity contribution is 5.56. The fraction of sp³-hybridized carbons (Fsp3) is 0.385. The molecule has 0 bridgehead atoms. The minimum atomic E-state index is -0.246. The first-order valence-corrected chi connectivity index (χ1v) is 5.60. The predicted molar refractivity (Wildman–Crippen MR) is 60.1 cm³/mol. The number of hydrogen-bond acceptors (Lipinski definition) is 2. The van der Waals surface area contributed by atoms with Crippen LogP contribution in [0.4, 0.5) is 0 Å². The summed E-state index contributed by atoms with van der Waals surface area (Å²) in [5.41, 5.74) is 2.31. The van der Waals surface area contributed by atoms with Crippen molar-refractivity contribution in [1.82, 2.24) is 5.32 Å². The summed E-state index contributed by atoms with van der Waals surface area (Å²) in [4.78, 5) is 0. The van der Waals surface area contributed by atoms with Crippen LogP contribution < -0.4 is 5.32 Å². The van der Waals surface area contributed by atoms with Gasteiger partial charge in [-0.15, -0.1) is 0 Å². The molecule has 3 rings (SSSR count). The van der Waals surface area contributed by atoms with Crippen molar-refractivity contribution in [3.8, 4) is 0 Å². The highest BCUT2D eigenvalue weighted by atomic mass is 16.5. The van der Waals surface area contributed by atoms with Crippen LogP contribution in [0.15, 0.2) is 30.5 Å². The molecule has 2 heterocycles. The topological polar surface area (TPSA) is 21.3 Å². The maximum Gasteiger partial charge on any atom is 0.186 e. The molecule has 1 spiro atoms. The molecule has 2 aliphatic heterocycles. The second-order valence-electron chi connectivity index (χ2n) is 4.22. The molecule has 1 aromatic carbocycles. The van der Waals surface area contributed by atoms with Crippen LogP contribution in [-0.2, 0) is 10.5 Å². The lowest BCUT2D eigenvalue weighted by Crippen LogP contribution is -2.48. The normalized spacial score (nSPS) is 28.5. The summed E-state index contributed by atoms with van der Waals surface area (Å²) < 4.78 is 5.84. The Morgan fingerprint density at radius 2 is 2.13 bits per heavy atom. The minimum Gasteiger partial charge on any atom is -0.476 e. The van der Waals surface area contributed by atoms with Crippen LogP contribution >= 0.6 is 0 Å². The van der Waals surface area contributed by atoms with Crippen LogP contribution in [0.5, 0.6) is 0 Å². The van der Waals surface area contributed by atoms with E-state index in [0.29, 0.717) is 0 Å². The molecule has 1 saturated heterocycles. The standard InChI is InChI=1S/C13H15NO/c1-2-6-12-11(5-1)7-10-15-13(12)8-3-4-9-14-13/h1-2,5-7,10,14H,3-4,8-9H2. The van der Waals surface area contributed by atoms with Gasteiger partial charge in [0.05, 0.1) is 6.26 Å². The third kappa shape index (κ3) is 1.37. The molecule has 1 atom stereocenters. The first kappa shape index (κ1) is 8.98. The summed E-state index contributed by atoms with van der Waals surface area (Å²) >= 11 is 0. The summed E-state index contributed by atoms with van der Waals surface area (Å²) in [6.07, 6.45) is 7.40. The van der Waals surface area contributed by atoms with Gasteiger partial charge in [-0.25, -0.2) is 0 Å². The molecule has 0 radical (unpaired) electrons. The molecule has 0 saturated carbocycles. The van der Waals surface area contributed by atoms with Crippen molar-refractivity contribution in [3.05, 3.63) is 41.7 Å². The fourth-order valence-electron chi connectivity index (χ4n) is 2.51. The molecule has 2 nitrogen and oxygen atoms in total. The highest BCUT2D eigenvalue weighted by Gasteiger charge is 2.37. The van der Waals surface area contributed by atoms with Crippen LogP contribution in [0.2, 0.25) is 0 Å². The monoisotopic (exact) mass is 201 g/mol. The van der Waals surface area contributed by atoms with Crippen LogP contribution in [0.1, 0.15) is 30.4 Å². The number of ether oxygens (including phenoxy) is 1.